The highest BCUT2D eigenvalue weighted by molar-refractivity contribution is 5.75. The quantitative estimate of drug-likeness (QED) is 0.884. The summed E-state index contributed by atoms with van der Waals surface area (Å²) in [5, 5.41) is 7.19. The average molecular weight is 343 g/mol. The largest absolute Gasteiger partial charge is 0.378 e. The number of anilines is 1. The third kappa shape index (κ3) is 4.10. The van der Waals surface area contributed by atoms with Crippen LogP contribution in [0, 0.1) is 0 Å². The molecule has 0 saturated carbocycles. The molecule has 1 aliphatic rings. The fourth-order valence-corrected chi connectivity index (χ4v) is 3.03. The van der Waals surface area contributed by atoms with Gasteiger partial charge < -0.3 is 10.2 Å². The van der Waals surface area contributed by atoms with E-state index in [-0.39, 0.29) is 18.1 Å². The van der Waals surface area contributed by atoms with Gasteiger partial charge in [0.15, 0.2) is 0 Å². The SMILES string of the molecule is CN(C)c1ccc(CNC(=O)Cn2nc3n(c2=O)CCCCC3)cc1. The highest BCUT2D eigenvalue weighted by atomic mass is 16.2. The molecule has 2 heterocycles. The summed E-state index contributed by atoms with van der Waals surface area (Å²) in [5.41, 5.74) is 1.95. The van der Waals surface area contributed by atoms with Crippen molar-refractivity contribution >= 4 is 11.6 Å². The van der Waals surface area contributed by atoms with Gasteiger partial charge in [0, 0.05) is 39.3 Å². The van der Waals surface area contributed by atoms with Gasteiger partial charge in [-0.15, -0.1) is 0 Å². The van der Waals surface area contributed by atoms with Crippen molar-refractivity contribution in [1.29, 1.82) is 0 Å². The predicted octanol–water partition coefficient (Wildman–Crippen LogP) is 1.15. The molecule has 0 unspecified atom stereocenters. The zero-order chi connectivity index (χ0) is 17.8. The number of nitrogens with one attached hydrogen (secondary N) is 1. The van der Waals surface area contributed by atoms with E-state index in [1.165, 1.54) is 4.68 Å². The van der Waals surface area contributed by atoms with Crippen LogP contribution in [0.25, 0.3) is 0 Å². The van der Waals surface area contributed by atoms with Crippen molar-refractivity contribution in [2.45, 2.75) is 45.3 Å². The summed E-state index contributed by atoms with van der Waals surface area (Å²) in [7, 11) is 3.97. The molecule has 0 saturated heterocycles. The van der Waals surface area contributed by atoms with Gasteiger partial charge in [-0.2, -0.15) is 5.10 Å². The molecule has 0 bridgehead atoms. The van der Waals surface area contributed by atoms with Crippen LogP contribution >= 0.6 is 0 Å². The molecule has 7 nitrogen and oxygen atoms in total. The monoisotopic (exact) mass is 343 g/mol. The van der Waals surface area contributed by atoms with E-state index in [1.807, 2.05) is 43.3 Å². The van der Waals surface area contributed by atoms with Gasteiger partial charge in [0.25, 0.3) is 0 Å². The number of aryl methyl sites for hydroxylation is 1. The first-order chi connectivity index (χ1) is 12.0. The lowest BCUT2D eigenvalue weighted by Crippen LogP contribution is -2.33. The summed E-state index contributed by atoms with van der Waals surface area (Å²) < 4.78 is 2.99. The van der Waals surface area contributed by atoms with Crippen molar-refractivity contribution in [3.8, 4) is 0 Å². The van der Waals surface area contributed by atoms with Gasteiger partial charge in [0.05, 0.1) is 0 Å². The number of rotatable bonds is 5. The summed E-state index contributed by atoms with van der Waals surface area (Å²) in [6.45, 7) is 1.11. The lowest BCUT2D eigenvalue weighted by atomic mass is 10.2. The van der Waals surface area contributed by atoms with Crippen molar-refractivity contribution in [1.82, 2.24) is 19.7 Å². The van der Waals surface area contributed by atoms with Crippen LogP contribution in [-0.4, -0.2) is 34.4 Å². The highest BCUT2D eigenvalue weighted by Crippen LogP contribution is 2.12. The van der Waals surface area contributed by atoms with E-state index >= 15 is 0 Å². The smallest absolute Gasteiger partial charge is 0.346 e. The summed E-state index contributed by atoms with van der Waals surface area (Å²) in [6.07, 6.45) is 3.97. The van der Waals surface area contributed by atoms with Gasteiger partial charge in [-0.25, -0.2) is 9.48 Å². The minimum Gasteiger partial charge on any atom is -0.378 e. The molecule has 0 aliphatic carbocycles. The Morgan fingerprint density at radius 3 is 2.68 bits per heavy atom. The minimum absolute atomic E-state index is 0.0331. The number of carbonyl (C=O) groups excluding carboxylic acids is 1. The molecule has 0 fully saturated rings. The first-order valence-corrected chi connectivity index (χ1v) is 8.74. The second-order valence-corrected chi connectivity index (χ2v) is 6.66. The number of amides is 1. The van der Waals surface area contributed by atoms with Crippen molar-refractivity contribution in [2.24, 2.45) is 0 Å². The molecule has 3 rings (SSSR count). The third-order valence-corrected chi connectivity index (χ3v) is 4.52. The number of benzene rings is 1. The third-order valence-electron chi connectivity index (χ3n) is 4.52. The molecule has 1 aromatic heterocycles. The summed E-state index contributed by atoms with van der Waals surface area (Å²) in [6, 6.07) is 8.00. The maximum atomic E-state index is 12.4. The van der Waals surface area contributed by atoms with Gasteiger partial charge in [-0.05, 0) is 30.5 Å². The Balaban J connectivity index is 1.58. The number of carbonyl (C=O) groups is 1. The van der Waals surface area contributed by atoms with E-state index in [0.717, 1.165) is 42.8 Å². The van der Waals surface area contributed by atoms with Crippen molar-refractivity contribution < 1.29 is 4.79 Å². The summed E-state index contributed by atoms with van der Waals surface area (Å²) >= 11 is 0. The van der Waals surface area contributed by atoms with E-state index in [0.29, 0.717) is 13.1 Å². The maximum Gasteiger partial charge on any atom is 0.346 e. The molecular weight excluding hydrogens is 318 g/mol. The number of nitrogens with zero attached hydrogens (tertiary/aromatic N) is 4. The zero-order valence-corrected chi connectivity index (χ0v) is 14.9. The Kier molecular flexibility index (Phi) is 5.21. The Morgan fingerprint density at radius 2 is 1.96 bits per heavy atom. The number of fused-ring (bicyclic) bond motifs is 1. The van der Waals surface area contributed by atoms with Crippen LogP contribution in [0.2, 0.25) is 0 Å². The van der Waals surface area contributed by atoms with E-state index in [4.69, 9.17) is 0 Å². The Hall–Kier alpha value is -2.57. The average Bonchev–Trinajstić information content (AvgIpc) is 2.77. The molecule has 2 aromatic rings. The van der Waals surface area contributed by atoms with Gasteiger partial charge in [0.2, 0.25) is 5.91 Å². The topological polar surface area (TPSA) is 72.2 Å². The molecule has 0 atom stereocenters. The zero-order valence-electron chi connectivity index (χ0n) is 14.9. The van der Waals surface area contributed by atoms with Gasteiger partial charge in [-0.1, -0.05) is 18.6 Å². The van der Waals surface area contributed by atoms with E-state index in [9.17, 15) is 9.59 Å². The highest BCUT2D eigenvalue weighted by Gasteiger charge is 2.17. The lowest BCUT2D eigenvalue weighted by molar-refractivity contribution is -0.122. The molecule has 1 aromatic carbocycles. The van der Waals surface area contributed by atoms with Crippen molar-refractivity contribution in [3.05, 3.63) is 46.1 Å². The van der Waals surface area contributed by atoms with Crippen LogP contribution in [0.3, 0.4) is 0 Å². The second-order valence-electron chi connectivity index (χ2n) is 6.66. The number of aromatic nitrogens is 3. The van der Waals surface area contributed by atoms with Gasteiger partial charge in [-0.3, -0.25) is 9.36 Å². The van der Waals surface area contributed by atoms with Crippen LogP contribution in [0.1, 0.15) is 30.7 Å². The number of hydrogen-bond acceptors (Lipinski definition) is 4. The molecular formula is C18H25N5O2. The van der Waals surface area contributed by atoms with Crippen LogP contribution in [-0.2, 0) is 30.8 Å². The number of hydrogen-bond donors (Lipinski definition) is 1. The van der Waals surface area contributed by atoms with Crippen molar-refractivity contribution in [2.75, 3.05) is 19.0 Å². The fourth-order valence-electron chi connectivity index (χ4n) is 3.03. The second kappa shape index (κ2) is 7.55. The first-order valence-electron chi connectivity index (χ1n) is 8.74. The Morgan fingerprint density at radius 1 is 1.20 bits per heavy atom. The van der Waals surface area contributed by atoms with Crippen molar-refractivity contribution in [3.63, 3.8) is 0 Å². The fraction of sp³-hybridized carbons (Fsp3) is 0.500. The van der Waals surface area contributed by atoms with Gasteiger partial charge >= 0.3 is 5.69 Å². The predicted molar refractivity (Wildman–Crippen MR) is 96.7 cm³/mol. The molecule has 134 valence electrons. The molecule has 0 spiro atoms. The Labute approximate surface area is 147 Å². The van der Waals surface area contributed by atoms with Crippen LogP contribution in [0.5, 0.6) is 0 Å². The molecule has 1 aliphatic heterocycles. The normalized spacial score (nSPS) is 13.8. The van der Waals surface area contributed by atoms with Crippen LogP contribution in [0.4, 0.5) is 5.69 Å². The molecule has 1 N–H and O–H groups in total. The van der Waals surface area contributed by atoms with Crippen LogP contribution in [0.15, 0.2) is 29.1 Å². The Bertz CT molecular complexity index is 789. The standard InChI is InChI=1S/C18H25N5O2/c1-21(2)15-9-7-14(8-10-15)12-19-17(24)13-23-18(25)22-11-5-3-4-6-16(22)20-23/h7-10H,3-6,11-13H2,1-2H3,(H,19,24). The van der Waals surface area contributed by atoms with Gasteiger partial charge in [0.1, 0.15) is 12.4 Å². The van der Waals surface area contributed by atoms with E-state index in [1.54, 1.807) is 4.57 Å². The van der Waals surface area contributed by atoms with Crippen LogP contribution < -0.4 is 15.9 Å². The molecule has 25 heavy (non-hydrogen) atoms. The first kappa shape index (κ1) is 17.3. The molecule has 1 amide bonds. The lowest BCUT2D eigenvalue weighted by Gasteiger charge is -2.12. The molecule has 7 heteroatoms. The molecule has 0 radical (unpaired) electrons. The van der Waals surface area contributed by atoms with E-state index in [2.05, 4.69) is 10.4 Å². The summed E-state index contributed by atoms with van der Waals surface area (Å²) in [5.74, 6) is 0.599. The maximum absolute atomic E-state index is 12.4. The van der Waals surface area contributed by atoms with E-state index < -0.39 is 0 Å². The minimum atomic E-state index is -0.202. The summed E-state index contributed by atoms with van der Waals surface area (Å²) in [4.78, 5) is 26.5.